The van der Waals surface area contributed by atoms with Crippen LogP contribution in [0.2, 0.25) is 5.02 Å². The quantitative estimate of drug-likeness (QED) is 0.657. The zero-order valence-corrected chi connectivity index (χ0v) is 13.4. The number of carbonyl (C=O) groups is 1. The maximum absolute atomic E-state index is 13.7. The number of amides is 1. The van der Waals surface area contributed by atoms with Crippen LogP contribution < -0.4 is 5.32 Å². The first-order valence-electron chi connectivity index (χ1n) is 7.02. The lowest BCUT2D eigenvalue weighted by Gasteiger charge is -2.07. The van der Waals surface area contributed by atoms with Crippen LogP contribution in [0.25, 0.3) is 11.4 Å². The smallest absolute Gasteiger partial charge is 0.329 e. The lowest BCUT2D eigenvalue weighted by Crippen LogP contribution is -2.12. The van der Waals surface area contributed by atoms with Gasteiger partial charge in [-0.1, -0.05) is 28.9 Å². The summed E-state index contributed by atoms with van der Waals surface area (Å²) in [5, 5.41) is 5.80. The molecule has 0 atom stereocenters. The number of aromatic nitrogens is 2. The summed E-state index contributed by atoms with van der Waals surface area (Å²) in [4.78, 5) is 15.4. The van der Waals surface area contributed by atoms with E-state index in [0.717, 1.165) is 6.07 Å². The Balaban J connectivity index is 1.76. The van der Waals surface area contributed by atoms with E-state index >= 15 is 0 Å². The maximum atomic E-state index is 13.7. The third-order valence-electron chi connectivity index (χ3n) is 3.25. The molecule has 0 unspecified atom stereocenters. The zero-order chi connectivity index (χ0) is 18.9. The summed E-state index contributed by atoms with van der Waals surface area (Å²) in [5.41, 5.74) is 0.317. The summed E-state index contributed by atoms with van der Waals surface area (Å²) in [7, 11) is 0. The van der Waals surface area contributed by atoms with Crippen molar-refractivity contribution >= 4 is 23.2 Å². The minimum atomic E-state index is -4.74. The van der Waals surface area contributed by atoms with E-state index in [1.807, 2.05) is 0 Å². The van der Waals surface area contributed by atoms with Crippen molar-refractivity contribution < 1.29 is 26.9 Å². The number of alkyl halides is 3. The SMILES string of the molecule is O=C(Nc1ccc(Cl)cc1F)c1ccc(-c2noc(C(F)(F)F)n2)cc1. The fourth-order valence-electron chi connectivity index (χ4n) is 2.01. The Morgan fingerprint density at radius 1 is 1.12 bits per heavy atom. The number of hydrogen-bond acceptors (Lipinski definition) is 4. The second-order valence-corrected chi connectivity index (χ2v) is 5.51. The van der Waals surface area contributed by atoms with Crippen LogP contribution in [-0.2, 0) is 6.18 Å². The predicted octanol–water partition coefficient (Wildman–Crippen LogP) is 4.80. The lowest BCUT2D eigenvalue weighted by atomic mass is 10.1. The molecule has 134 valence electrons. The van der Waals surface area contributed by atoms with E-state index in [2.05, 4.69) is 20.0 Å². The molecule has 10 heteroatoms. The molecule has 0 saturated carbocycles. The molecule has 3 rings (SSSR count). The van der Waals surface area contributed by atoms with Crippen molar-refractivity contribution in [2.75, 3.05) is 5.32 Å². The summed E-state index contributed by atoms with van der Waals surface area (Å²) >= 11 is 5.63. The van der Waals surface area contributed by atoms with Gasteiger partial charge in [0.15, 0.2) is 0 Å². The second-order valence-electron chi connectivity index (χ2n) is 5.08. The summed E-state index contributed by atoms with van der Waals surface area (Å²) in [6, 6.07) is 9.13. The van der Waals surface area contributed by atoms with Crippen molar-refractivity contribution in [3.63, 3.8) is 0 Å². The highest BCUT2D eigenvalue weighted by Gasteiger charge is 2.38. The highest BCUT2D eigenvalue weighted by Crippen LogP contribution is 2.29. The minimum Gasteiger partial charge on any atom is -0.329 e. The Labute approximate surface area is 148 Å². The standard InChI is InChI=1S/C16H8ClF4N3O2/c17-10-5-6-12(11(18)7-10)22-14(25)9-3-1-8(2-4-9)13-23-15(26-24-13)16(19,20)21/h1-7H,(H,22,25). The average molecular weight is 386 g/mol. The van der Waals surface area contributed by atoms with Crippen molar-refractivity contribution in [3.05, 3.63) is 64.8 Å². The Bertz CT molecular complexity index is 955. The Hall–Kier alpha value is -2.94. The van der Waals surface area contributed by atoms with Gasteiger partial charge in [0.05, 0.1) is 5.69 Å². The van der Waals surface area contributed by atoms with Crippen LogP contribution in [0.15, 0.2) is 47.0 Å². The Morgan fingerprint density at radius 3 is 2.38 bits per heavy atom. The first-order valence-corrected chi connectivity index (χ1v) is 7.39. The van der Waals surface area contributed by atoms with Crippen molar-refractivity contribution in [2.24, 2.45) is 0 Å². The minimum absolute atomic E-state index is 0.0588. The summed E-state index contributed by atoms with van der Waals surface area (Å²) in [6.45, 7) is 0. The van der Waals surface area contributed by atoms with Gasteiger partial charge in [0.25, 0.3) is 5.91 Å². The molecule has 1 heterocycles. The maximum Gasteiger partial charge on any atom is 0.471 e. The predicted molar refractivity (Wildman–Crippen MR) is 84.1 cm³/mol. The van der Waals surface area contributed by atoms with E-state index < -0.39 is 23.8 Å². The van der Waals surface area contributed by atoms with E-state index in [1.165, 1.54) is 36.4 Å². The third-order valence-corrected chi connectivity index (χ3v) is 3.49. The van der Waals surface area contributed by atoms with E-state index in [4.69, 9.17) is 11.6 Å². The van der Waals surface area contributed by atoms with Crippen LogP contribution in [0.5, 0.6) is 0 Å². The number of rotatable bonds is 3. The third kappa shape index (κ3) is 3.83. The summed E-state index contributed by atoms with van der Waals surface area (Å²) in [5.74, 6) is -3.05. The molecule has 0 radical (unpaired) electrons. The van der Waals surface area contributed by atoms with Gasteiger partial charge in [0, 0.05) is 16.1 Å². The summed E-state index contributed by atoms with van der Waals surface area (Å²) < 4.78 is 55.2. The number of benzene rings is 2. The molecule has 1 amide bonds. The molecule has 1 N–H and O–H groups in total. The number of hydrogen-bond donors (Lipinski definition) is 1. The Kier molecular flexibility index (Phi) is 4.64. The van der Waals surface area contributed by atoms with Gasteiger partial charge >= 0.3 is 12.1 Å². The van der Waals surface area contributed by atoms with Gasteiger partial charge < -0.3 is 9.84 Å². The van der Waals surface area contributed by atoms with Crippen molar-refractivity contribution in [1.82, 2.24) is 10.1 Å². The van der Waals surface area contributed by atoms with Crippen LogP contribution >= 0.6 is 11.6 Å². The number of carbonyl (C=O) groups excluding carboxylic acids is 1. The molecular formula is C16H8ClF4N3O2. The lowest BCUT2D eigenvalue weighted by molar-refractivity contribution is -0.159. The number of halogens is 5. The van der Waals surface area contributed by atoms with Gasteiger partial charge in [0.1, 0.15) is 5.82 Å². The number of nitrogens with zero attached hydrogens (tertiary/aromatic N) is 2. The van der Waals surface area contributed by atoms with E-state index in [9.17, 15) is 22.4 Å². The fourth-order valence-corrected chi connectivity index (χ4v) is 2.17. The second kappa shape index (κ2) is 6.75. The molecule has 5 nitrogen and oxygen atoms in total. The first-order chi connectivity index (χ1) is 12.2. The Morgan fingerprint density at radius 2 is 1.81 bits per heavy atom. The largest absolute Gasteiger partial charge is 0.471 e. The molecule has 0 spiro atoms. The van der Waals surface area contributed by atoms with Gasteiger partial charge in [-0.15, -0.1) is 0 Å². The van der Waals surface area contributed by atoms with Crippen LogP contribution in [0.4, 0.5) is 23.2 Å². The molecule has 0 aliphatic rings. The highest BCUT2D eigenvalue weighted by atomic mass is 35.5. The topological polar surface area (TPSA) is 68.0 Å². The fraction of sp³-hybridized carbons (Fsp3) is 0.0625. The van der Waals surface area contributed by atoms with Crippen molar-refractivity contribution in [2.45, 2.75) is 6.18 Å². The number of anilines is 1. The van der Waals surface area contributed by atoms with Gasteiger partial charge in [-0.2, -0.15) is 18.2 Å². The van der Waals surface area contributed by atoms with Gasteiger partial charge in [-0.25, -0.2) is 4.39 Å². The molecule has 2 aromatic carbocycles. The molecule has 0 aliphatic heterocycles. The van der Waals surface area contributed by atoms with Crippen LogP contribution in [0.1, 0.15) is 16.2 Å². The van der Waals surface area contributed by atoms with E-state index in [0.29, 0.717) is 0 Å². The average Bonchev–Trinajstić information content (AvgIpc) is 3.08. The van der Waals surface area contributed by atoms with Crippen LogP contribution in [0, 0.1) is 5.82 Å². The van der Waals surface area contributed by atoms with Gasteiger partial charge in [-0.3, -0.25) is 4.79 Å². The van der Waals surface area contributed by atoms with Crippen LogP contribution in [-0.4, -0.2) is 16.0 Å². The zero-order valence-electron chi connectivity index (χ0n) is 12.6. The molecule has 0 bridgehead atoms. The van der Waals surface area contributed by atoms with E-state index in [-0.39, 0.29) is 27.7 Å². The van der Waals surface area contributed by atoms with Crippen LogP contribution in [0.3, 0.4) is 0 Å². The molecule has 3 aromatic rings. The van der Waals surface area contributed by atoms with Gasteiger partial charge in [-0.05, 0) is 30.3 Å². The molecule has 0 saturated heterocycles. The van der Waals surface area contributed by atoms with Crippen molar-refractivity contribution in [3.8, 4) is 11.4 Å². The molecular weight excluding hydrogens is 378 g/mol. The molecule has 0 aliphatic carbocycles. The summed E-state index contributed by atoms with van der Waals surface area (Å²) in [6.07, 6.45) is -4.74. The monoisotopic (exact) mass is 385 g/mol. The van der Waals surface area contributed by atoms with Gasteiger partial charge in [0.2, 0.25) is 5.82 Å². The highest BCUT2D eigenvalue weighted by molar-refractivity contribution is 6.30. The molecule has 1 aromatic heterocycles. The van der Waals surface area contributed by atoms with E-state index in [1.54, 1.807) is 0 Å². The first kappa shape index (κ1) is 17.9. The molecule has 26 heavy (non-hydrogen) atoms. The normalized spacial score (nSPS) is 11.4. The molecule has 0 fully saturated rings. The van der Waals surface area contributed by atoms with Crippen molar-refractivity contribution in [1.29, 1.82) is 0 Å². The number of nitrogens with one attached hydrogen (secondary N) is 1.